The Labute approximate surface area is 98.0 Å². The molecule has 1 atom stereocenters. The van der Waals surface area contributed by atoms with Crippen molar-refractivity contribution in [1.82, 2.24) is 0 Å². The molecule has 0 N–H and O–H groups in total. The van der Waals surface area contributed by atoms with Gasteiger partial charge < -0.3 is 0 Å². The fourth-order valence-corrected chi connectivity index (χ4v) is 2.41. The summed E-state index contributed by atoms with van der Waals surface area (Å²) in [6.07, 6.45) is 0.507. The van der Waals surface area contributed by atoms with E-state index in [0.29, 0.717) is 16.5 Å². The van der Waals surface area contributed by atoms with E-state index in [9.17, 15) is 0 Å². The fourth-order valence-electron chi connectivity index (χ4n) is 0.954. The van der Waals surface area contributed by atoms with Crippen LogP contribution in [0.4, 0.5) is 0 Å². The van der Waals surface area contributed by atoms with Gasteiger partial charge in [0.25, 0.3) is 0 Å². The van der Waals surface area contributed by atoms with Crippen molar-refractivity contribution in [3.8, 4) is 6.07 Å². The molecule has 0 aliphatic heterocycles. The summed E-state index contributed by atoms with van der Waals surface area (Å²) in [6.45, 7) is 1.99. The molecule has 1 aromatic carbocycles. The summed E-state index contributed by atoms with van der Waals surface area (Å²) in [7, 11) is 0. The lowest BCUT2D eigenvalue weighted by Gasteiger charge is -2.08. The van der Waals surface area contributed by atoms with Crippen LogP contribution < -0.4 is 0 Å². The maximum Gasteiger partial charge on any atom is 0.0633 e. The molecule has 4 heteroatoms. The minimum Gasteiger partial charge on any atom is -0.198 e. The van der Waals surface area contributed by atoms with Crippen LogP contribution in [0, 0.1) is 11.3 Å². The summed E-state index contributed by atoms with van der Waals surface area (Å²) in [6, 6.07) is 7.47. The van der Waals surface area contributed by atoms with Gasteiger partial charge in [-0.15, -0.1) is 11.8 Å². The van der Waals surface area contributed by atoms with E-state index in [-0.39, 0.29) is 5.25 Å². The largest absolute Gasteiger partial charge is 0.198 e. The average molecular weight is 246 g/mol. The Morgan fingerprint density at radius 3 is 2.86 bits per heavy atom. The summed E-state index contributed by atoms with van der Waals surface area (Å²) in [4.78, 5) is 0.932. The van der Waals surface area contributed by atoms with E-state index in [1.54, 1.807) is 23.9 Å². The van der Waals surface area contributed by atoms with Crippen LogP contribution in [-0.4, -0.2) is 5.25 Å². The van der Waals surface area contributed by atoms with Crippen molar-refractivity contribution in [2.24, 2.45) is 0 Å². The van der Waals surface area contributed by atoms with Gasteiger partial charge in [-0.3, -0.25) is 0 Å². The summed E-state index contributed by atoms with van der Waals surface area (Å²) in [5.41, 5.74) is 0. The van der Waals surface area contributed by atoms with Crippen LogP contribution in [0.15, 0.2) is 23.1 Å². The first-order chi connectivity index (χ1) is 6.63. The van der Waals surface area contributed by atoms with E-state index < -0.39 is 0 Å². The molecule has 1 unspecified atom stereocenters. The molecule has 0 aliphatic carbocycles. The molecule has 0 saturated heterocycles. The van der Waals surface area contributed by atoms with Crippen LogP contribution in [0.2, 0.25) is 10.0 Å². The molecule has 0 saturated carbocycles. The summed E-state index contributed by atoms with van der Waals surface area (Å²) in [5, 5.41) is 10.1. The van der Waals surface area contributed by atoms with Crippen LogP contribution in [0.5, 0.6) is 0 Å². The number of thioether (sulfide) groups is 1. The highest BCUT2D eigenvalue weighted by Gasteiger charge is 2.07. The first-order valence-corrected chi connectivity index (χ1v) is 5.75. The highest BCUT2D eigenvalue weighted by Crippen LogP contribution is 2.33. The van der Waals surface area contributed by atoms with Crippen molar-refractivity contribution in [3.63, 3.8) is 0 Å². The second-order valence-corrected chi connectivity index (χ2v) is 5.19. The normalized spacial score (nSPS) is 12.1. The van der Waals surface area contributed by atoms with Crippen LogP contribution in [0.25, 0.3) is 0 Å². The number of nitriles is 1. The zero-order valence-electron chi connectivity index (χ0n) is 7.63. The van der Waals surface area contributed by atoms with Gasteiger partial charge in [0.1, 0.15) is 0 Å². The van der Waals surface area contributed by atoms with Gasteiger partial charge in [0.15, 0.2) is 0 Å². The average Bonchev–Trinajstić information content (AvgIpc) is 2.12. The smallest absolute Gasteiger partial charge is 0.0633 e. The SMILES string of the molecule is CC(CC#N)Sc1cc(Cl)ccc1Cl. The molecule has 0 radical (unpaired) electrons. The minimum absolute atomic E-state index is 0.232. The Hall–Kier alpha value is -0.360. The van der Waals surface area contributed by atoms with Gasteiger partial charge in [-0.2, -0.15) is 5.26 Å². The quantitative estimate of drug-likeness (QED) is 0.738. The van der Waals surface area contributed by atoms with Gasteiger partial charge in [0.2, 0.25) is 0 Å². The summed E-state index contributed by atoms with van der Waals surface area (Å²) < 4.78 is 0. The Bertz CT molecular complexity index is 360. The molecule has 1 aromatic rings. The molecular weight excluding hydrogens is 237 g/mol. The predicted octanol–water partition coefficient (Wildman–Crippen LogP) is 4.39. The Morgan fingerprint density at radius 2 is 2.21 bits per heavy atom. The summed E-state index contributed by atoms with van der Waals surface area (Å²) in [5.74, 6) is 0. The van der Waals surface area contributed by atoms with E-state index in [4.69, 9.17) is 28.5 Å². The topological polar surface area (TPSA) is 23.8 Å². The number of nitrogens with zero attached hydrogens (tertiary/aromatic N) is 1. The third-order valence-electron chi connectivity index (χ3n) is 1.60. The van der Waals surface area contributed by atoms with Crippen LogP contribution in [0.1, 0.15) is 13.3 Å². The first kappa shape index (κ1) is 11.7. The number of halogens is 2. The third-order valence-corrected chi connectivity index (χ3v) is 3.44. The number of hydrogen-bond donors (Lipinski definition) is 0. The maximum atomic E-state index is 8.52. The van der Waals surface area contributed by atoms with Crippen LogP contribution >= 0.6 is 35.0 Å². The Kier molecular flexibility index (Phi) is 4.60. The lowest BCUT2D eigenvalue weighted by Crippen LogP contribution is -1.93. The monoisotopic (exact) mass is 245 g/mol. The lowest BCUT2D eigenvalue weighted by atomic mass is 10.3. The van der Waals surface area contributed by atoms with Crippen LogP contribution in [0.3, 0.4) is 0 Å². The van der Waals surface area contributed by atoms with Gasteiger partial charge >= 0.3 is 0 Å². The van der Waals surface area contributed by atoms with E-state index in [0.717, 1.165) is 4.90 Å². The zero-order valence-corrected chi connectivity index (χ0v) is 9.96. The molecule has 0 aliphatic rings. The van der Waals surface area contributed by atoms with Gasteiger partial charge in [-0.25, -0.2) is 0 Å². The van der Waals surface area contributed by atoms with Crippen LogP contribution in [-0.2, 0) is 0 Å². The molecule has 0 spiro atoms. The number of benzene rings is 1. The van der Waals surface area contributed by atoms with Gasteiger partial charge in [0, 0.05) is 21.6 Å². The second-order valence-electron chi connectivity index (χ2n) is 2.87. The lowest BCUT2D eigenvalue weighted by molar-refractivity contribution is 0.989. The molecule has 14 heavy (non-hydrogen) atoms. The number of rotatable bonds is 3. The summed E-state index contributed by atoms with van der Waals surface area (Å²) >= 11 is 13.4. The van der Waals surface area contributed by atoms with Crippen molar-refractivity contribution in [3.05, 3.63) is 28.2 Å². The molecular formula is C10H9Cl2NS. The molecule has 0 aromatic heterocycles. The minimum atomic E-state index is 0.232. The molecule has 0 fully saturated rings. The van der Waals surface area contributed by atoms with Crippen molar-refractivity contribution in [2.75, 3.05) is 0 Å². The Balaban J connectivity index is 2.76. The highest BCUT2D eigenvalue weighted by molar-refractivity contribution is 8.00. The number of hydrogen-bond acceptors (Lipinski definition) is 2. The highest BCUT2D eigenvalue weighted by atomic mass is 35.5. The Morgan fingerprint density at radius 1 is 1.50 bits per heavy atom. The van der Waals surface area contributed by atoms with E-state index in [2.05, 4.69) is 6.07 Å². The van der Waals surface area contributed by atoms with Crippen molar-refractivity contribution in [2.45, 2.75) is 23.5 Å². The molecule has 1 rings (SSSR count). The maximum absolute atomic E-state index is 8.52. The zero-order chi connectivity index (χ0) is 10.6. The van der Waals surface area contributed by atoms with Crippen molar-refractivity contribution < 1.29 is 0 Å². The van der Waals surface area contributed by atoms with E-state index in [1.165, 1.54) is 0 Å². The molecule has 1 nitrogen and oxygen atoms in total. The molecule has 0 heterocycles. The van der Waals surface area contributed by atoms with Gasteiger partial charge in [-0.05, 0) is 18.2 Å². The van der Waals surface area contributed by atoms with E-state index in [1.807, 2.05) is 13.0 Å². The van der Waals surface area contributed by atoms with Gasteiger partial charge in [-0.1, -0.05) is 30.1 Å². The third kappa shape index (κ3) is 3.42. The standard InChI is InChI=1S/C10H9Cl2NS/c1-7(4-5-13)14-10-6-8(11)2-3-9(10)12/h2-3,6-7H,4H2,1H3. The first-order valence-electron chi connectivity index (χ1n) is 4.12. The molecule has 0 bridgehead atoms. The van der Waals surface area contributed by atoms with Crippen molar-refractivity contribution >= 4 is 35.0 Å². The molecule has 74 valence electrons. The van der Waals surface area contributed by atoms with Crippen molar-refractivity contribution in [1.29, 1.82) is 5.26 Å². The fraction of sp³-hybridized carbons (Fsp3) is 0.300. The van der Waals surface area contributed by atoms with Gasteiger partial charge in [0.05, 0.1) is 11.1 Å². The second kappa shape index (κ2) is 5.50. The predicted molar refractivity (Wildman–Crippen MR) is 62.0 cm³/mol. The van der Waals surface area contributed by atoms with E-state index >= 15 is 0 Å². The molecule has 0 amide bonds.